The average Bonchev–Trinajstić information content (AvgIpc) is 2.75. The predicted molar refractivity (Wildman–Crippen MR) is 79.0 cm³/mol. The molecule has 0 unspecified atom stereocenters. The number of ether oxygens (including phenoxy) is 1. The molecule has 0 saturated carbocycles. The van der Waals surface area contributed by atoms with Crippen LogP contribution < -0.4 is 10.5 Å². The Hall–Kier alpha value is -2.27. The Morgan fingerprint density at radius 1 is 1.30 bits per heavy atom. The standard InChI is InChI=1S/C14H13ClN4O/c1-20-13-5-2-9(7-17-13)8-19-12-4-3-10(15)6-11(12)18-14(19)16/h2-7H,8H2,1H3,(H2,16,18). The highest BCUT2D eigenvalue weighted by molar-refractivity contribution is 6.31. The van der Waals surface area contributed by atoms with Gasteiger partial charge in [0.25, 0.3) is 0 Å². The Morgan fingerprint density at radius 3 is 2.85 bits per heavy atom. The summed E-state index contributed by atoms with van der Waals surface area (Å²) in [5.41, 5.74) is 8.73. The molecule has 3 aromatic rings. The first-order valence-electron chi connectivity index (χ1n) is 6.07. The zero-order valence-electron chi connectivity index (χ0n) is 10.9. The second kappa shape index (κ2) is 5.02. The van der Waals surface area contributed by atoms with Crippen LogP contribution in [0.5, 0.6) is 5.88 Å². The van der Waals surface area contributed by atoms with E-state index in [2.05, 4.69) is 9.97 Å². The van der Waals surface area contributed by atoms with Gasteiger partial charge in [0.1, 0.15) is 0 Å². The normalized spacial score (nSPS) is 10.9. The van der Waals surface area contributed by atoms with Crippen LogP contribution in [0.3, 0.4) is 0 Å². The van der Waals surface area contributed by atoms with Gasteiger partial charge in [-0.25, -0.2) is 9.97 Å². The van der Waals surface area contributed by atoms with Gasteiger partial charge in [0.05, 0.1) is 24.7 Å². The van der Waals surface area contributed by atoms with E-state index < -0.39 is 0 Å². The fourth-order valence-electron chi connectivity index (χ4n) is 2.10. The zero-order valence-corrected chi connectivity index (χ0v) is 11.6. The highest BCUT2D eigenvalue weighted by Gasteiger charge is 2.09. The van der Waals surface area contributed by atoms with Gasteiger partial charge in [0, 0.05) is 17.3 Å². The maximum atomic E-state index is 5.97. The van der Waals surface area contributed by atoms with E-state index in [1.54, 1.807) is 19.4 Å². The molecule has 0 aliphatic rings. The van der Waals surface area contributed by atoms with Crippen molar-refractivity contribution in [3.63, 3.8) is 0 Å². The fraction of sp³-hybridized carbons (Fsp3) is 0.143. The Kier molecular flexibility index (Phi) is 3.20. The van der Waals surface area contributed by atoms with Crippen LogP contribution in [0.25, 0.3) is 11.0 Å². The number of benzene rings is 1. The maximum absolute atomic E-state index is 5.97. The minimum absolute atomic E-state index is 0.457. The van der Waals surface area contributed by atoms with E-state index in [1.165, 1.54) is 0 Å². The van der Waals surface area contributed by atoms with E-state index in [4.69, 9.17) is 22.1 Å². The number of halogens is 1. The molecule has 0 aliphatic heterocycles. The summed E-state index contributed by atoms with van der Waals surface area (Å²) in [4.78, 5) is 8.50. The molecule has 6 heteroatoms. The molecule has 2 aromatic heterocycles. The number of nitrogens with two attached hydrogens (primary N) is 1. The summed E-state index contributed by atoms with van der Waals surface area (Å²) in [5.74, 6) is 1.04. The van der Waals surface area contributed by atoms with Crippen molar-refractivity contribution in [1.82, 2.24) is 14.5 Å². The summed E-state index contributed by atoms with van der Waals surface area (Å²) >= 11 is 5.96. The molecule has 0 atom stereocenters. The quantitative estimate of drug-likeness (QED) is 0.805. The van der Waals surface area contributed by atoms with Crippen molar-refractivity contribution in [2.45, 2.75) is 6.54 Å². The van der Waals surface area contributed by atoms with Gasteiger partial charge in [-0.2, -0.15) is 0 Å². The Morgan fingerprint density at radius 2 is 2.15 bits per heavy atom. The molecule has 2 N–H and O–H groups in total. The Balaban J connectivity index is 1.99. The summed E-state index contributed by atoms with van der Waals surface area (Å²) in [6.45, 7) is 0.598. The van der Waals surface area contributed by atoms with E-state index in [0.717, 1.165) is 16.6 Å². The van der Waals surface area contributed by atoms with Crippen molar-refractivity contribution >= 4 is 28.6 Å². The molecule has 0 fully saturated rings. The monoisotopic (exact) mass is 288 g/mol. The molecule has 0 bridgehead atoms. The van der Waals surface area contributed by atoms with E-state index >= 15 is 0 Å². The van der Waals surface area contributed by atoms with Gasteiger partial charge in [-0.1, -0.05) is 17.7 Å². The number of methoxy groups -OCH3 is 1. The van der Waals surface area contributed by atoms with Crippen LogP contribution in [-0.4, -0.2) is 21.6 Å². The van der Waals surface area contributed by atoms with Crippen molar-refractivity contribution in [2.75, 3.05) is 12.8 Å². The molecule has 0 radical (unpaired) electrons. The SMILES string of the molecule is COc1ccc(Cn2c(N)nc3cc(Cl)ccc32)cn1. The van der Waals surface area contributed by atoms with E-state index in [-0.39, 0.29) is 0 Å². The van der Waals surface area contributed by atoms with E-state index in [1.807, 2.05) is 28.8 Å². The summed E-state index contributed by atoms with van der Waals surface area (Å²) in [6.07, 6.45) is 1.76. The molecule has 1 aromatic carbocycles. The van der Waals surface area contributed by atoms with Crippen LogP contribution in [0.15, 0.2) is 36.5 Å². The van der Waals surface area contributed by atoms with Gasteiger partial charge in [-0.05, 0) is 23.8 Å². The van der Waals surface area contributed by atoms with Crippen LogP contribution in [0, 0.1) is 0 Å². The lowest BCUT2D eigenvalue weighted by Crippen LogP contribution is -2.05. The first kappa shape index (κ1) is 12.7. The number of aromatic nitrogens is 3. The van der Waals surface area contributed by atoms with Crippen molar-refractivity contribution in [2.24, 2.45) is 0 Å². The smallest absolute Gasteiger partial charge is 0.212 e. The van der Waals surface area contributed by atoms with Gasteiger partial charge in [0.15, 0.2) is 0 Å². The molecular formula is C14H13ClN4O. The average molecular weight is 289 g/mol. The fourth-order valence-corrected chi connectivity index (χ4v) is 2.26. The minimum atomic E-state index is 0.457. The molecule has 0 spiro atoms. The van der Waals surface area contributed by atoms with Crippen molar-refractivity contribution < 1.29 is 4.74 Å². The van der Waals surface area contributed by atoms with E-state index in [0.29, 0.717) is 23.4 Å². The van der Waals surface area contributed by atoms with Crippen molar-refractivity contribution in [1.29, 1.82) is 0 Å². The number of hydrogen-bond acceptors (Lipinski definition) is 4. The number of nitrogens with zero attached hydrogens (tertiary/aromatic N) is 3. The molecule has 0 saturated heterocycles. The second-order valence-electron chi connectivity index (χ2n) is 4.40. The lowest BCUT2D eigenvalue weighted by atomic mass is 10.2. The molecule has 3 rings (SSSR count). The molecule has 5 nitrogen and oxygen atoms in total. The van der Waals surface area contributed by atoms with Crippen LogP contribution >= 0.6 is 11.6 Å². The summed E-state index contributed by atoms with van der Waals surface area (Å²) < 4.78 is 6.97. The molecule has 0 amide bonds. The summed E-state index contributed by atoms with van der Waals surface area (Å²) in [6, 6.07) is 9.32. The largest absolute Gasteiger partial charge is 0.481 e. The van der Waals surface area contributed by atoms with Crippen LogP contribution in [0.4, 0.5) is 5.95 Å². The van der Waals surface area contributed by atoms with Gasteiger partial charge in [-0.3, -0.25) is 0 Å². The van der Waals surface area contributed by atoms with Gasteiger partial charge >= 0.3 is 0 Å². The number of hydrogen-bond donors (Lipinski definition) is 1. The molecule has 102 valence electrons. The first-order chi connectivity index (χ1) is 9.67. The van der Waals surface area contributed by atoms with E-state index in [9.17, 15) is 0 Å². The molecular weight excluding hydrogens is 276 g/mol. The highest BCUT2D eigenvalue weighted by Crippen LogP contribution is 2.22. The number of anilines is 1. The topological polar surface area (TPSA) is 66.0 Å². The van der Waals surface area contributed by atoms with Crippen LogP contribution in [0.1, 0.15) is 5.56 Å². The van der Waals surface area contributed by atoms with Crippen LogP contribution in [0.2, 0.25) is 5.02 Å². The number of rotatable bonds is 3. The Bertz CT molecular complexity index is 752. The van der Waals surface area contributed by atoms with Gasteiger partial charge in [0.2, 0.25) is 11.8 Å². The molecule has 0 aliphatic carbocycles. The summed E-state index contributed by atoms with van der Waals surface area (Å²) in [5, 5.41) is 0.647. The minimum Gasteiger partial charge on any atom is -0.481 e. The third-order valence-corrected chi connectivity index (χ3v) is 3.32. The Labute approximate surface area is 121 Å². The van der Waals surface area contributed by atoms with Crippen LogP contribution in [-0.2, 0) is 6.54 Å². The lowest BCUT2D eigenvalue weighted by molar-refractivity contribution is 0.397. The number of imidazole rings is 1. The highest BCUT2D eigenvalue weighted by atomic mass is 35.5. The van der Waals surface area contributed by atoms with Gasteiger partial charge < -0.3 is 15.0 Å². The number of nitrogen functional groups attached to an aromatic ring is 1. The third-order valence-electron chi connectivity index (χ3n) is 3.09. The zero-order chi connectivity index (χ0) is 14.1. The van der Waals surface area contributed by atoms with Crippen molar-refractivity contribution in [3.05, 3.63) is 47.1 Å². The van der Waals surface area contributed by atoms with Gasteiger partial charge in [-0.15, -0.1) is 0 Å². The maximum Gasteiger partial charge on any atom is 0.212 e. The second-order valence-corrected chi connectivity index (χ2v) is 4.83. The number of pyridine rings is 1. The lowest BCUT2D eigenvalue weighted by Gasteiger charge is -2.07. The third kappa shape index (κ3) is 2.28. The molecule has 20 heavy (non-hydrogen) atoms. The van der Waals surface area contributed by atoms with Crippen molar-refractivity contribution in [3.8, 4) is 5.88 Å². The predicted octanol–water partition coefficient (Wildman–Crippen LogP) is 2.72. The first-order valence-corrected chi connectivity index (χ1v) is 6.45. The summed E-state index contributed by atoms with van der Waals surface area (Å²) in [7, 11) is 1.59. The molecule has 2 heterocycles. The number of fused-ring (bicyclic) bond motifs is 1.